The van der Waals surface area contributed by atoms with Gasteiger partial charge in [0.05, 0.1) is 11.5 Å². The first-order valence-electron chi connectivity index (χ1n) is 6.93. The summed E-state index contributed by atoms with van der Waals surface area (Å²) in [6, 6.07) is 9.24. The largest absolute Gasteiger partial charge is 0.464 e. The topological polar surface area (TPSA) is 63.7 Å². The number of thioether (sulfide) groups is 1. The maximum atomic E-state index is 12.2. The lowest BCUT2D eigenvalue weighted by Gasteiger charge is -2.12. The number of amides is 2. The van der Waals surface area contributed by atoms with Crippen molar-refractivity contribution < 1.29 is 19.1 Å². The molecule has 22 heavy (non-hydrogen) atoms. The van der Waals surface area contributed by atoms with E-state index in [2.05, 4.69) is 0 Å². The van der Waals surface area contributed by atoms with Crippen molar-refractivity contribution in [1.29, 1.82) is 0 Å². The van der Waals surface area contributed by atoms with Gasteiger partial charge in [-0.05, 0) is 29.3 Å². The van der Waals surface area contributed by atoms with Crippen LogP contribution in [0.15, 0.2) is 35.2 Å². The summed E-state index contributed by atoms with van der Waals surface area (Å²) in [5.41, 5.74) is 0.829. The molecule has 2 amide bonds. The molecule has 1 aliphatic rings. The monoisotopic (exact) mass is 319 g/mol. The molecule has 1 fully saturated rings. The minimum Gasteiger partial charge on any atom is -0.464 e. The molecule has 1 saturated heterocycles. The van der Waals surface area contributed by atoms with Gasteiger partial charge in [0, 0.05) is 0 Å². The van der Waals surface area contributed by atoms with E-state index < -0.39 is 17.1 Å². The first kappa shape index (κ1) is 16.3. The van der Waals surface area contributed by atoms with Crippen molar-refractivity contribution in [2.45, 2.75) is 13.8 Å². The van der Waals surface area contributed by atoms with Crippen LogP contribution in [0, 0.1) is 5.92 Å². The average molecular weight is 319 g/mol. The summed E-state index contributed by atoms with van der Waals surface area (Å²) < 4.78 is 5.00. The normalized spacial score (nSPS) is 16.7. The molecule has 0 atom stereocenters. The summed E-state index contributed by atoms with van der Waals surface area (Å²) in [5, 5.41) is -0.450. The van der Waals surface area contributed by atoms with E-state index in [0.717, 1.165) is 22.2 Å². The van der Waals surface area contributed by atoms with Crippen LogP contribution in [0.2, 0.25) is 0 Å². The van der Waals surface area contributed by atoms with Crippen LogP contribution in [0.5, 0.6) is 0 Å². The Hall–Kier alpha value is -2.08. The molecule has 1 aromatic carbocycles. The maximum Gasteiger partial charge on any atom is 0.326 e. The van der Waals surface area contributed by atoms with Gasteiger partial charge in [-0.3, -0.25) is 19.3 Å². The molecule has 1 aromatic rings. The smallest absolute Gasteiger partial charge is 0.326 e. The second-order valence-electron chi connectivity index (χ2n) is 5.26. The quantitative estimate of drug-likeness (QED) is 0.617. The zero-order valence-corrected chi connectivity index (χ0v) is 13.3. The van der Waals surface area contributed by atoms with Gasteiger partial charge >= 0.3 is 5.97 Å². The minimum absolute atomic E-state index is 0.205. The summed E-state index contributed by atoms with van der Waals surface area (Å²) in [6.45, 7) is 3.75. The molecular formula is C16H17NO4S. The molecule has 6 heteroatoms. The molecule has 0 aliphatic carbocycles. The van der Waals surface area contributed by atoms with E-state index in [1.807, 2.05) is 44.2 Å². The van der Waals surface area contributed by atoms with E-state index in [1.165, 1.54) is 0 Å². The Balaban J connectivity index is 2.03. The Morgan fingerprint density at radius 2 is 1.95 bits per heavy atom. The molecule has 0 spiro atoms. The number of imide groups is 1. The van der Waals surface area contributed by atoms with Crippen LogP contribution in [0.1, 0.15) is 19.4 Å². The number of hydrogen-bond acceptors (Lipinski definition) is 5. The molecule has 116 valence electrons. The number of hydrogen-bond donors (Lipinski definition) is 0. The fraction of sp³-hybridized carbons (Fsp3) is 0.312. The maximum absolute atomic E-state index is 12.2. The van der Waals surface area contributed by atoms with Gasteiger partial charge in [-0.15, -0.1) is 0 Å². The summed E-state index contributed by atoms with van der Waals surface area (Å²) in [4.78, 5) is 37.0. The average Bonchev–Trinajstić information content (AvgIpc) is 2.74. The summed E-state index contributed by atoms with van der Waals surface area (Å²) in [6.07, 6.45) is 1.64. The molecule has 0 bridgehead atoms. The highest BCUT2D eigenvalue weighted by atomic mass is 32.2. The van der Waals surface area contributed by atoms with Crippen molar-refractivity contribution >= 4 is 35.0 Å². The standard InChI is InChI=1S/C16H17NO4S/c1-11(2)10-21-14(18)9-17-15(19)13(22-16(17)20)8-12-6-4-3-5-7-12/h3-8,11H,9-10H2,1-2H3/b13-8+. The molecule has 0 radical (unpaired) electrons. The van der Waals surface area contributed by atoms with Crippen LogP contribution in [0.4, 0.5) is 4.79 Å². The van der Waals surface area contributed by atoms with E-state index in [1.54, 1.807) is 6.08 Å². The SMILES string of the molecule is CC(C)COC(=O)CN1C(=O)S/C(=C/c2ccccc2)C1=O. The highest BCUT2D eigenvalue weighted by Gasteiger charge is 2.36. The fourth-order valence-electron chi connectivity index (χ4n) is 1.77. The second kappa shape index (κ2) is 7.26. The summed E-state index contributed by atoms with van der Waals surface area (Å²) in [7, 11) is 0. The number of ether oxygens (including phenoxy) is 1. The van der Waals surface area contributed by atoms with Gasteiger partial charge in [0.1, 0.15) is 6.54 Å². The van der Waals surface area contributed by atoms with Gasteiger partial charge in [-0.25, -0.2) is 0 Å². The highest BCUT2D eigenvalue weighted by Crippen LogP contribution is 2.31. The van der Waals surface area contributed by atoms with Crippen LogP contribution < -0.4 is 0 Å². The Labute approximate surface area is 133 Å². The minimum atomic E-state index is -0.572. The molecule has 0 saturated carbocycles. The van der Waals surface area contributed by atoms with Crippen molar-refractivity contribution in [2.75, 3.05) is 13.2 Å². The molecule has 1 heterocycles. The number of benzene rings is 1. The van der Waals surface area contributed by atoms with E-state index in [0.29, 0.717) is 4.91 Å². The zero-order valence-electron chi connectivity index (χ0n) is 12.4. The predicted octanol–water partition coefficient (Wildman–Crippen LogP) is 2.92. The molecule has 2 rings (SSSR count). The van der Waals surface area contributed by atoms with Gasteiger partial charge in [0.25, 0.3) is 11.1 Å². The van der Waals surface area contributed by atoms with Crippen molar-refractivity contribution in [3.63, 3.8) is 0 Å². The van der Waals surface area contributed by atoms with Crippen LogP contribution >= 0.6 is 11.8 Å². The van der Waals surface area contributed by atoms with E-state index in [-0.39, 0.29) is 19.1 Å². The van der Waals surface area contributed by atoms with Crippen molar-refractivity contribution in [1.82, 2.24) is 4.90 Å². The lowest BCUT2D eigenvalue weighted by Crippen LogP contribution is -2.34. The van der Waals surface area contributed by atoms with Crippen LogP contribution in [0.3, 0.4) is 0 Å². The number of carbonyl (C=O) groups is 3. The molecule has 0 aromatic heterocycles. The van der Waals surface area contributed by atoms with Crippen LogP contribution in [0.25, 0.3) is 6.08 Å². The number of rotatable bonds is 5. The fourth-order valence-corrected chi connectivity index (χ4v) is 2.61. The third-order valence-corrected chi connectivity index (χ3v) is 3.74. The Morgan fingerprint density at radius 1 is 1.27 bits per heavy atom. The van der Waals surface area contributed by atoms with E-state index in [4.69, 9.17) is 4.74 Å². The van der Waals surface area contributed by atoms with Crippen molar-refractivity contribution in [3.8, 4) is 0 Å². The third kappa shape index (κ3) is 4.21. The first-order valence-corrected chi connectivity index (χ1v) is 7.75. The molecule has 5 nitrogen and oxygen atoms in total. The lowest BCUT2D eigenvalue weighted by atomic mass is 10.2. The zero-order chi connectivity index (χ0) is 16.1. The number of carbonyl (C=O) groups excluding carboxylic acids is 3. The van der Waals surface area contributed by atoms with E-state index in [9.17, 15) is 14.4 Å². The van der Waals surface area contributed by atoms with Crippen LogP contribution in [-0.4, -0.2) is 35.2 Å². The van der Waals surface area contributed by atoms with Gasteiger partial charge in [0.15, 0.2) is 0 Å². The third-order valence-electron chi connectivity index (χ3n) is 2.84. The van der Waals surface area contributed by atoms with Gasteiger partial charge in [-0.2, -0.15) is 0 Å². The predicted molar refractivity (Wildman–Crippen MR) is 84.9 cm³/mol. The van der Waals surface area contributed by atoms with Gasteiger partial charge < -0.3 is 4.74 Å². The second-order valence-corrected chi connectivity index (χ2v) is 6.25. The Morgan fingerprint density at radius 3 is 2.59 bits per heavy atom. The van der Waals surface area contributed by atoms with E-state index >= 15 is 0 Å². The van der Waals surface area contributed by atoms with Crippen molar-refractivity contribution in [3.05, 3.63) is 40.8 Å². The van der Waals surface area contributed by atoms with Gasteiger partial charge in [-0.1, -0.05) is 44.2 Å². The lowest BCUT2D eigenvalue weighted by molar-refractivity contribution is -0.147. The van der Waals surface area contributed by atoms with Crippen LogP contribution in [-0.2, 0) is 14.3 Å². The van der Waals surface area contributed by atoms with Gasteiger partial charge in [0.2, 0.25) is 0 Å². The Kier molecular flexibility index (Phi) is 5.38. The van der Waals surface area contributed by atoms with Crippen molar-refractivity contribution in [2.24, 2.45) is 5.92 Å². The first-order chi connectivity index (χ1) is 10.5. The Bertz CT molecular complexity index is 610. The molecule has 1 aliphatic heterocycles. The molecule has 0 N–H and O–H groups in total. The number of esters is 1. The molecule has 0 unspecified atom stereocenters. The molecular weight excluding hydrogens is 302 g/mol. The number of nitrogens with zero attached hydrogens (tertiary/aromatic N) is 1. The summed E-state index contributed by atoms with van der Waals surface area (Å²) >= 11 is 0.834. The summed E-state index contributed by atoms with van der Waals surface area (Å²) in [5.74, 6) is -0.825. The highest BCUT2D eigenvalue weighted by molar-refractivity contribution is 8.18.